The Morgan fingerprint density at radius 1 is 0.917 bits per heavy atom. The first kappa shape index (κ1) is 23.7. The Bertz CT molecular complexity index is 1430. The quantitative estimate of drug-likeness (QED) is 0.148. The van der Waals surface area contributed by atoms with Crippen molar-refractivity contribution in [2.75, 3.05) is 0 Å². The Hall–Kier alpha value is -4.07. The molecular formula is C28H20ClN3O3S. The van der Waals surface area contributed by atoms with E-state index in [1.165, 1.54) is 11.8 Å². The fourth-order valence-electron chi connectivity index (χ4n) is 3.42. The summed E-state index contributed by atoms with van der Waals surface area (Å²) < 4.78 is 11.3. The van der Waals surface area contributed by atoms with Gasteiger partial charge in [0.15, 0.2) is 5.17 Å². The van der Waals surface area contributed by atoms with E-state index in [1.807, 2.05) is 78.9 Å². The van der Waals surface area contributed by atoms with Gasteiger partial charge in [0.1, 0.15) is 17.3 Å². The maximum Gasteiger partial charge on any atom is 0.267 e. The first-order chi connectivity index (χ1) is 17.6. The molecule has 0 bridgehead atoms. The standard InChI is InChI=1S/C28H20ClN3O3S/c29-22-13-11-20(12-14-22)17-26-27(33)32(19-25-10-5-15-34-25)28(36-26)31-30-18-21-6-4-9-24(16-21)35-23-7-2-1-3-8-23/h1-18H,19H2/b26-17-,30-18-,31-28+. The lowest BCUT2D eigenvalue weighted by molar-refractivity contribution is -0.122. The van der Waals surface area contributed by atoms with Crippen LogP contribution >= 0.6 is 23.4 Å². The summed E-state index contributed by atoms with van der Waals surface area (Å²) >= 11 is 7.25. The fourth-order valence-corrected chi connectivity index (χ4v) is 4.48. The van der Waals surface area contributed by atoms with Crippen LogP contribution < -0.4 is 4.74 Å². The van der Waals surface area contributed by atoms with E-state index in [0.717, 1.165) is 16.9 Å². The van der Waals surface area contributed by atoms with Crippen molar-refractivity contribution in [2.24, 2.45) is 10.2 Å². The highest BCUT2D eigenvalue weighted by Crippen LogP contribution is 2.34. The van der Waals surface area contributed by atoms with Gasteiger partial charge in [0.2, 0.25) is 0 Å². The number of carbonyl (C=O) groups excluding carboxylic acids is 1. The maximum absolute atomic E-state index is 13.2. The highest BCUT2D eigenvalue weighted by molar-refractivity contribution is 8.18. The molecule has 0 unspecified atom stereocenters. The molecule has 0 atom stereocenters. The summed E-state index contributed by atoms with van der Waals surface area (Å²) in [5.41, 5.74) is 1.68. The van der Waals surface area contributed by atoms with Gasteiger partial charge in [0.25, 0.3) is 5.91 Å². The topological polar surface area (TPSA) is 67.4 Å². The van der Waals surface area contributed by atoms with E-state index in [2.05, 4.69) is 10.2 Å². The molecular weight excluding hydrogens is 494 g/mol. The zero-order valence-electron chi connectivity index (χ0n) is 19.0. The minimum atomic E-state index is -0.168. The van der Waals surface area contributed by atoms with E-state index >= 15 is 0 Å². The van der Waals surface area contributed by atoms with Crippen LogP contribution in [-0.2, 0) is 11.3 Å². The predicted molar refractivity (Wildman–Crippen MR) is 144 cm³/mol. The van der Waals surface area contributed by atoms with E-state index < -0.39 is 0 Å². The third kappa shape index (κ3) is 5.94. The van der Waals surface area contributed by atoms with Crippen molar-refractivity contribution in [3.05, 3.63) is 124 Å². The molecule has 5 rings (SSSR count). The highest BCUT2D eigenvalue weighted by Gasteiger charge is 2.34. The number of nitrogens with zero attached hydrogens (tertiary/aromatic N) is 3. The molecule has 36 heavy (non-hydrogen) atoms. The summed E-state index contributed by atoms with van der Waals surface area (Å²) in [7, 11) is 0. The van der Waals surface area contributed by atoms with Gasteiger partial charge in [0.05, 0.1) is 23.9 Å². The van der Waals surface area contributed by atoms with Crippen molar-refractivity contribution in [3.63, 3.8) is 0 Å². The molecule has 0 radical (unpaired) electrons. The molecule has 0 aliphatic carbocycles. The van der Waals surface area contributed by atoms with E-state index in [-0.39, 0.29) is 12.5 Å². The van der Waals surface area contributed by atoms with Gasteiger partial charge in [-0.05, 0) is 77.5 Å². The molecule has 1 amide bonds. The van der Waals surface area contributed by atoms with Crippen LogP contribution in [0.25, 0.3) is 6.08 Å². The molecule has 8 heteroatoms. The van der Waals surface area contributed by atoms with Gasteiger partial charge in [-0.25, -0.2) is 0 Å². The van der Waals surface area contributed by atoms with Crippen LogP contribution in [0, 0.1) is 0 Å². The summed E-state index contributed by atoms with van der Waals surface area (Å²) in [5, 5.41) is 9.71. The molecule has 1 aliphatic heterocycles. The number of hydrogen-bond donors (Lipinski definition) is 0. The second-order valence-electron chi connectivity index (χ2n) is 7.75. The van der Waals surface area contributed by atoms with Crippen molar-refractivity contribution < 1.29 is 13.9 Å². The molecule has 178 valence electrons. The minimum absolute atomic E-state index is 0.168. The monoisotopic (exact) mass is 513 g/mol. The number of amides is 1. The third-order valence-corrected chi connectivity index (χ3v) is 6.39. The average molecular weight is 514 g/mol. The smallest absolute Gasteiger partial charge is 0.267 e. The van der Waals surface area contributed by atoms with Crippen LogP contribution in [0.2, 0.25) is 5.02 Å². The summed E-state index contributed by atoms with van der Waals surface area (Å²) in [4.78, 5) is 15.3. The molecule has 0 N–H and O–H groups in total. The van der Waals surface area contributed by atoms with E-state index in [9.17, 15) is 4.79 Å². The van der Waals surface area contributed by atoms with Crippen molar-refractivity contribution in [3.8, 4) is 11.5 Å². The molecule has 3 aromatic carbocycles. The van der Waals surface area contributed by atoms with Crippen LogP contribution in [0.5, 0.6) is 11.5 Å². The summed E-state index contributed by atoms with van der Waals surface area (Å²) in [6.45, 7) is 0.256. The van der Waals surface area contributed by atoms with E-state index in [1.54, 1.807) is 35.6 Å². The average Bonchev–Trinajstić information content (AvgIpc) is 3.51. The Morgan fingerprint density at radius 2 is 1.72 bits per heavy atom. The van der Waals surface area contributed by atoms with Crippen LogP contribution in [0.4, 0.5) is 0 Å². The number of rotatable bonds is 7. The van der Waals surface area contributed by atoms with Crippen LogP contribution in [0.15, 0.2) is 117 Å². The predicted octanol–water partition coefficient (Wildman–Crippen LogP) is 7.23. The molecule has 2 heterocycles. The second kappa shape index (κ2) is 11.1. The Labute approximate surface area is 217 Å². The Kier molecular flexibility index (Phi) is 7.30. The number of thioether (sulfide) groups is 1. The fraction of sp³-hybridized carbons (Fsp3) is 0.0357. The number of carbonyl (C=O) groups is 1. The summed E-state index contributed by atoms with van der Waals surface area (Å²) in [5.74, 6) is 1.93. The van der Waals surface area contributed by atoms with Crippen LogP contribution in [-0.4, -0.2) is 22.2 Å². The largest absolute Gasteiger partial charge is 0.467 e. The second-order valence-corrected chi connectivity index (χ2v) is 9.19. The van der Waals surface area contributed by atoms with Crippen molar-refractivity contribution >= 4 is 46.7 Å². The van der Waals surface area contributed by atoms with E-state index in [4.69, 9.17) is 20.8 Å². The molecule has 0 spiro atoms. The number of amidine groups is 1. The minimum Gasteiger partial charge on any atom is -0.467 e. The van der Waals surface area contributed by atoms with Crippen molar-refractivity contribution in [1.29, 1.82) is 0 Å². The zero-order valence-corrected chi connectivity index (χ0v) is 20.5. The van der Waals surface area contributed by atoms with E-state index in [0.29, 0.717) is 26.6 Å². The number of hydrogen-bond acceptors (Lipinski definition) is 6. The molecule has 1 aliphatic rings. The Morgan fingerprint density at radius 3 is 2.50 bits per heavy atom. The zero-order chi connectivity index (χ0) is 24.7. The molecule has 6 nitrogen and oxygen atoms in total. The molecule has 4 aromatic rings. The molecule has 1 saturated heterocycles. The number of benzene rings is 3. The maximum atomic E-state index is 13.2. The van der Waals surface area contributed by atoms with Gasteiger partial charge in [-0.2, -0.15) is 5.10 Å². The first-order valence-electron chi connectivity index (χ1n) is 11.1. The number of halogens is 1. The van der Waals surface area contributed by atoms with Gasteiger partial charge in [-0.15, -0.1) is 5.10 Å². The van der Waals surface area contributed by atoms with Crippen molar-refractivity contribution in [1.82, 2.24) is 4.90 Å². The molecule has 0 saturated carbocycles. The van der Waals surface area contributed by atoms with Gasteiger partial charge in [-0.3, -0.25) is 9.69 Å². The van der Waals surface area contributed by atoms with Gasteiger partial charge < -0.3 is 9.15 Å². The first-order valence-corrected chi connectivity index (χ1v) is 12.3. The van der Waals surface area contributed by atoms with Gasteiger partial charge in [-0.1, -0.05) is 54.1 Å². The van der Waals surface area contributed by atoms with Crippen molar-refractivity contribution in [2.45, 2.75) is 6.54 Å². The molecule has 1 aromatic heterocycles. The van der Waals surface area contributed by atoms with Crippen LogP contribution in [0.1, 0.15) is 16.9 Å². The lowest BCUT2D eigenvalue weighted by Gasteiger charge is -2.12. The number of para-hydroxylation sites is 1. The lowest BCUT2D eigenvalue weighted by atomic mass is 10.2. The lowest BCUT2D eigenvalue weighted by Crippen LogP contribution is -2.28. The number of ether oxygens (including phenoxy) is 1. The normalized spacial score (nSPS) is 15.9. The third-order valence-electron chi connectivity index (χ3n) is 5.14. The van der Waals surface area contributed by atoms with Crippen LogP contribution in [0.3, 0.4) is 0 Å². The van der Waals surface area contributed by atoms with Gasteiger partial charge in [0, 0.05) is 5.02 Å². The summed E-state index contributed by atoms with van der Waals surface area (Å²) in [6, 6.07) is 28.0. The summed E-state index contributed by atoms with van der Waals surface area (Å²) in [6.07, 6.45) is 5.02. The highest BCUT2D eigenvalue weighted by atomic mass is 35.5. The van der Waals surface area contributed by atoms with Gasteiger partial charge >= 0.3 is 0 Å². The Balaban J connectivity index is 1.37. The number of furan rings is 1. The molecule has 1 fully saturated rings. The SMILES string of the molecule is O=C1/C(=C/c2ccc(Cl)cc2)S/C(=N/N=C\c2cccc(Oc3ccccc3)c2)N1Cc1ccco1.